The van der Waals surface area contributed by atoms with E-state index in [1.807, 2.05) is 0 Å². The van der Waals surface area contributed by atoms with E-state index in [0.29, 0.717) is 5.82 Å². The quantitative estimate of drug-likeness (QED) is 0.635. The van der Waals surface area contributed by atoms with Gasteiger partial charge in [-0.2, -0.15) is 0 Å². The van der Waals surface area contributed by atoms with Gasteiger partial charge in [0.05, 0.1) is 18.1 Å². The summed E-state index contributed by atoms with van der Waals surface area (Å²) in [5.74, 6) is -0.146. The van der Waals surface area contributed by atoms with Gasteiger partial charge in [-0.3, -0.25) is 9.78 Å². The van der Waals surface area contributed by atoms with Crippen molar-refractivity contribution in [3.8, 4) is 0 Å². The van der Waals surface area contributed by atoms with E-state index in [1.165, 1.54) is 12.4 Å². The lowest BCUT2D eigenvalue weighted by Gasteiger charge is -2.00. The largest absolute Gasteiger partial charge is 0.387 e. The summed E-state index contributed by atoms with van der Waals surface area (Å²) < 4.78 is 0. The van der Waals surface area contributed by atoms with Crippen molar-refractivity contribution < 1.29 is 9.90 Å². The van der Waals surface area contributed by atoms with Crippen LogP contribution in [0.25, 0.3) is 0 Å². The molecule has 1 heterocycles. The fourth-order valence-electron chi connectivity index (χ4n) is 0.640. The molecule has 2 N–H and O–H groups in total. The number of hydrogen-bond acceptors (Lipinski definition) is 4. The first-order valence-electron chi connectivity index (χ1n) is 3.41. The van der Waals surface area contributed by atoms with Gasteiger partial charge in [0.15, 0.2) is 5.82 Å². The minimum atomic E-state index is -0.546. The van der Waals surface area contributed by atoms with Crippen molar-refractivity contribution in [1.82, 2.24) is 9.97 Å². The van der Waals surface area contributed by atoms with Gasteiger partial charge < -0.3 is 10.4 Å². The van der Waals surface area contributed by atoms with Gasteiger partial charge >= 0.3 is 0 Å². The van der Waals surface area contributed by atoms with E-state index >= 15 is 0 Å². The van der Waals surface area contributed by atoms with Gasteiger partial charge in [0.1, 0.15) is 6.61 Å². The standard InChI is InChI=1S/C7H9N3O2/c1-5-2-9-6(3-8-5)10-7(12)4-11/h2-3,11H,4H2,1H3,(H,9,10,12). The number of carbonyl (C=O) groups excluding carboxylic acids is 1. The summed E-state index contributed by atoms with van der Waals surface area (Å²) in [6, 6.07) is 0. The average Bonchev–Trinajstić information content (AvgIpc) is 2.09. The molecule has 0 aromatic carbocycles. The Balaban J connectivity index is 2.64. The lowest BCUT2D eigenvalue weighted by molar-refractivity contribution is -0.118. The maximum atomic E-state index is 10.6. The number of amides is 1. The number of hydrogen-bond donors (Lipinski definition) is 2. The van der Waals surface area contributed by atoms with Crippen molar-refractivity contribution in [3.05, 3.63) is 18.1 Å². The van der Waals surface area contributed by atoms with Crippen molar-refractivity contribution >= 4 is 11.7 Å². The van der Waals surface area contributed by atoms with Crippen LogP contribution in [0.15, 0.2) is 12.4 Å². The number of nitrogens with zero attached hydrogens (tertiary/aromatic N) is 2. The molecule has 0 saturated heterocycles. The van der Waals surface area contributed by atoms with E-state index in [0.717, 1.165) is 5.69 Å². The highest BCUT2D eigenvalue weighted by Crippen LogP contribution is 1.98. The van der Waals surface area contributed by atoms with Crippen LogP contribution < -0.4 is 5.32 Å². The van der Waals surface area contributed by atoms with Crippen LogP contribution in [0.1, 0.15) is 5.69 Å². The van der Waals surface area contributed by atoms with Crippen molar-refractivity contribution in [2.45, 2.75) is 6.92 Å². The molecule has 0 saturated carbocycles. The summed E-state index contributed by atoms with van der Waals surface area (Å²) in [6.07, 6.45) is 2.97. The second-order valence-electron chi connectivity index (χ2n) is 2.25. The molecule has 0 unspecified atom stereocenters. The van der Waals surface area contributed by atoms with Crippen molar-refractivity contribution in [3.63, 3.8) is 0 Å². The molecule has 0 radical (unpaired) electrons. The van der Waals surface area contributed by atoms with E-state index < -0.39 is 12.5 Å². The van der Waals surface area contributed by atoms with Crippen LogP contribution in [0.5, 0.6) is 0 Å². The summed E-state index contributed by atoms with van der Waals surface area (Å²) in [6.45, 7) is 1.25. The summed E-state index contributed by atoms with van der Waals surface area (Å²) in [5, 5.41) is 10.7. The van der Waals surface area contributed by atoms with E-state index in [4.69, 9.17) is 5.11 Å². The van der Waals surface area contributed by atoms with Gasteiger partial charge in [0, 0.05) is 0 Å². The minimum absolute atomic E-state index is 0.347. The molecule has 0 aliphatic carbocycles. The lowest BCUT2D eigenvalue weighted by Crippen LogP contribution is -2.16. The number of aromatic nitrogens is 2. The SMILES string of the molecule is Cc1cnc(NC(=O)CO)cn1. The zero-order valence-electron chi connectivity index (χ0n) is 6.61. The summed E-state index contributed by atoms with van der Waals surface area (Å²) in [5.41, 5.74) is 0.775. The van der Waals surface area contributed by atoms with E-state index in [9.17, 15) is 4.79 Å². The molecule has 0 aliphatic heterocycles. The molecule has 0 aliphatic rings. The molecule has 0 spiro atoms. The summed E-state index contributed by atoms with van der Waals surface area (Å²) in [7, 11) is 0. The van der Waals surface area contributed by atoms with Crippen LogP contribution in [0.4, 0.5) is 5.82 Å². The number of rotatable bonds is 2. The molecule has 1 amide bonds. The van der Waals surface area contributed by atoms with Crippen molar-refractivity contribution in [2.75, 3.05) is 11.9 Å². The highest BCUT2D eigenvalue weighted by Gasteiger charge is 1.99. The zero-order chi connectivity index (χ0) is 8.97. The average molecular weight is 167 g/mol. The van der Waals surface area contributed by atoms with Crippen LogP contribution >= 0.6 is 0 Å². The first-order chi connectivity index (χ1) is 5.72. The molecule has 1 aromatic heterocycles. The van der Waals surface area contributed by atoms with Gasteiger partial charge in [-0.05, 0) is 6.92 Å². The first kappa shape index (κ1) is 8.61. The Labute approximate surface area is 69.5 Å². The molecule has 1 aromatic rings. The second kappa shape index (κ2) is 3.77. The molecule has 0 fully saturated rings. The Morgan fingerprint density at radius 3 is 2.83 bits per heavy atom. The third kappa shape index (κ3) is 2.28. The van der Waals surface area contributed by atoms with Gasteiger partial charge in [-0.1, -0.05) is 0 Å². The predicted octanol–water partition coefficient (Wildman–Crippen LogP) is -0.284. The Bertz CT molecular complexity index is 270. The van der Waals surface area contributed by atoms with Crippen molar-refractivity contribution in [1.29, 1.82) is 0 Å². The fraction of sp³-hybridized carbons (Fsp3) is 0.286. The number of aliphatic hydroxyl groups is 1. The highest BCUT2D eigenvalue weighted by atomic mass is 16.3. The van der Waals surface area contributed by atoms with Crippen LogP contribution in [0.2, 0.25) is 0 Å². The van der Waals surface area contributed by atoms with Crippen LogP contribution in [-0.2, 0) is 4.79 Å². The predicted molar refractivity (Wildman–Crippen MR) is 42.5 cm³/mol. The summed E-state index contributed by atoms with van der Waals surface area (Å²) >= 11 is 0. The summed E-state index contributed by atoms with van der Waals surface area (Å²) in [4.78, 5) is 18.4. The number of nitrogens with one attached hydrogen (secondary N) is 1. The maximum Gasteiger partial charge on any atom is 0.251 e. The molecule has 5 heteroatoms. The molecule has 5 nitrogen and oxygen atoms in total. The molecule has 0 atom stereocenters. The Kier molecular flexibility index (Phi) is 2.71. The van der Waals surface area contributed by atoms with Gasteiger partial charge in [-0.15, -0.1) is 0 Å². The number of aryl methyl sites for hydroxylation is 1. The zero-order valence-corrected chi connectivity index (χ0v) is 6.61. The normalized spacial score (nSPS) is 9.50. The van der Waals surface area contributed by atoms with E-state index in [-0.39, 0.29) is 0 Å². The fourth-order valence-corrected chi connectivity index (χ4v) is 0.640. The first-order valence-corrected chi connectivity index (χ1v) is 3.41. The molecule has 1 rings (SSSR count). The third-order valence-electron chi connectivity index (χ3n) is 1.19. The molecular weight excluding hydrogens is 158 g/mol. The van der Waals surface area contributed by atoms with Gasteiger partial charge in [-0.25, -0.2) is 4.98 Å². The highest BCUT2D eigenvalue weighted by molar-refractivity contribution is 5.90. The topological polar surface area (TPSA) is 75.1 Å². The van der Waals surface area contributed by atoms with Crippen molar-refractivity contribution in [2.24, 2.45) is 0 Å². The Hall–Kier alpha value is -1.49. The minimum Gasteiger partial charge on any atom is -0.387 e. The Morgan fingerprint density at radius 2 is 2.33 bits per heavy atom. The van der Waals surface area contributed by atoms with Crippen LogP contribution in [0.3, 0.4) is 0 Å². The lowest BCUT2D eigenvalue weighted by atomic mass is 10.5. The monoisotopic (exact) mass is 167 g/mol. The molecular formula is C7H9N3O2. The maximum absolute atomic E-state index is 10.6. The van der Waals surface area contributed by atoms with Crippen LogP contribution in [-0.4, -0.2) is 27.6 Å². The van der Waals surface area contributed by atoms with E-state index in [2.05, 4.69) is 15.3 Å². The van der Waals surface area contributed by atoms with Gasteiger partial charge in [0.2, 0.25) is 0 Å². The third-order valence-corrected chi connectivity index (χ3v) is 1.19. The number of anilines is 1. The number of carbonyl (C=O) groups is 1. The second-order valence-corrected chi connectivity index (χ2v) is 2.25. The van der Waals surface area contributed by atoms with E-state index in [1.54, 1.807) is 6.92 Å². The molecule has 64 valence electrons. The molecule has 12 heavy (non-hydrogen) atoms. The smallest absolute Gasteiger partial charge is 0.251 e. The number of aliphatic hydroxyl groups excluding tert-OH is 1. The Morgan fingerprint density at radius 1 is 1.58 bits per heavy atom. The van der Waals surface area contributed by atoms with Crippen LogP contribution in [0, 0.1) is 6.92 Å². The molecule has 0 bridgehead atoms. The van der Waals surface area contributed by atoms with Gasteiger partial charge in [0.25, 0.3) is 5.91 Å².